The number of ketones is 1. The van der Waals surface area contributed by atoms with Gasteiger partial charge >= 0.3 is 0 Å². The molecule has 0 fully saturated rings. The number of aliphatic hydroxyl groups excluding tert-OH is 1. The highest BCUT2D eigenvalue weighted by Gasteiger charge is 2.44. The molecular formula is C20H24N3O3S+. The van der Waals surface area contributed by atoms with Crippen LogP contribution in [0.3, 0.4) is 0 Å². The largest absolute Gasteiger partial charge is 0.503 e. The van der Waals surface area contributed by atoms with Gasteiger partial charge in [-0.05, 0) is 19.4 Å². The van der Waals surface area contributed by atoms with Crippen LogP contribution in [0.15, 0.2) is 41.7 Å². The standard InChI is InChI=1S/C20H23N3O3S/c1-12-19(27-13(2)21-12)17(24)15-16(14-8-6-5-7-9-14)23(11-10-22(3)4)20(26)18(15)25/h5-9,16,25H,10-11H2,1-4H3/p+1/t16-/m1/s1. The smallest absolute Gasteiger partial charge is 0.290 e. The number of carbonyl (C=O) groups is 2. The van der Waals surface area contributed by atoms with Crippen LogP contribution in [-0.2, 0) is 4.79 Å². The van der Waals surface area contributed by atoms with Gasteiger partial charge in [0.15, 0.2) is 5.76 Å². The molecule has 0 unspecified atom stereocenters. The average molecular weight is 386 g/mol. The second kappa shape index (κ2) is 7.62. The molecule has 142 valence electrons. The number of benzene rings is 1. The molecule has 0 radical (unpaired) electrons. The first-order valence-electron chi connectivity index (χ1n) is 8.88. The van der Waals surface area contributed by atoms with E-state index in [0.717, 1.165) is 10.6 Å². The van der Waals surface area contributed by atoms with Crippen LogP contribution >= 0.6 is 11.3 Å². The number of aryl methyl sites for hydroxylation is 2. The first-order chi connectivity index (χ1) is 12.8. The average Bonchev–Trinajstić information content (AvgIpc) is 3.10. The molecule has 7 heteroatoms. The van der Waals surface area contributed by atoms with Gasteiger partial charge in [0.25, 0.3) is 5.91 Å². The molecule has 1 aromatic heterocycles. The first kappa shape index (κ1) is 19.3. The fourth-order valence-corrected chi connectivity index (χ4v) is 4.18. The van der Waals surface area contributed by atoms with Crippen LogP contribution in [0.1, 0.15) is 32.0 Å². The van der Waals surface area contributed by atoms with E-state index in [-0.39, 0.29) is 11.4 Å². The van der Waals surface area contributed by atoms with Crippen LogP contribution in [0.4, 0.5) is 0 Å². The van der Waals surface area contributed by atoms with Crippen molar-refractivity contribution in [3.63, 3.8) is 0 Å². The minimum absolute atomic E-state index is 0.145. The van der Waals surface area contributed by atoms with E-state index in [4.69, 9.17) is 0 Å². The molecule has 1 aliphatic rings. The Kier molecular flexibility index (Phi) is 5.43. The third-order valence-electron chi connectivity index (χ3n) is 4.63. The minimum atomic E-state index is -0.590. The van der Waals surface area contributed by atoms with E-state index in [0.29, 0.717) is 23.7 Å². The molecule has 27 heavy (non-hydrogen) atoms. The Hall–Kier alpha value is -2.51. The van der Waals surface area contributed by atoms with Gasteiger partial charge in [0, 0.05) is 0 Å². The SMILES string of the molecule is Cc1nc(C)c(C(=O)C2=C(O)C(=O)N(CC[NH+](C)C)[C@@H]2c2ccccc2)s1. The highest BCUT2D eigenvalue weighted by molar-refractivity contribution is 7.14. The van der Waals surface area contributed by atoms with Crippen molar-refractivity contribution < 1.29 is 19.6 Å². The van der Waals surface area contributed by atoms with Crippen LogP contribution in [-0.4, -0.2) is 53.9 Å². The fourth-order valence-electron chi connectivity index (χ4n) is 3.31. The normalized spacial score (nSPS) is 17.3. The maximum Gasteiger partial charge on any atom is 0.290 e. The number of carbonyl (C=O) groups excluding carboxylic acids is 2. The molecule has 1 atom stereocenters. The van der Waals surface area contributed by atoms with Crippen molar-refractivity contribution in [2.45, 2.75) is 19.9 Å². The van der Waals surface area contributed by atoms with E-state index in [1.54, 1.807) is 11.8 Å². The van der Waals surface area contributed by atoms with Crippen LogP contribution in [0.25, 0.3) is 0 Å². The Labute approximate surface area is 162 Å². The number of quaternary nitrogens is 1. The van der Waals surface area contributed by atoms with Gasteiger partial charge in [0.1, 0.15) is 0 Å². The molecule has 1 aliphatic heterocycles. The molecule has 2 aromatic rings. The summed E-state index contributed by atoms with van der Waals surface area (Å²) in [4.78, 5) is 33.6. The zero-order chi connectivity index (χ0) is 19.7. The number of thiazole rings is 1. The third-order valence-corrected chi connectivity index (χ3v) is 5.70. The van der Waals surface area contributed by atoms with Crippen molar-refractivity contribution in [3.8, 4) is 0 Å². The molecule has 0 saturated heterocycles. The van der Waals surface area contributed by atoms with Crippen molar-refractivity contribution in [2.24, 2.45) is 0 Å². The quantitative estimate of drug-likeness (QED) is 0.738. The van der Waals surface area contributed by atoms with Gasteiger partial charge in [-0.2, -0.15) is 0 Å². The van der Waals surface area contributed by atoms with Gasteiger partial charge in [-0.1, -0.05) is 30.3 Å². The molecule has 1 amide bonds. The molecule has 2 N–H and O–H groups in total. The number of rotatable bonds is 6. The van der Waals surface area contributed by atoms with Crippen LogP contribution in [0.2, 0.25) is 0 Å². The van der Waals surface area contributed by atoms with E-state index in [1.807, 2.05) is 51.4 Å². The molecule has 6 nitrogen and oxygen atoms in total. The van der Waals surface area contributed by atoms with E-state index in [1.165, 1.54) is 16.2 Å². The van der Waals surface area contributed by atoms with E-state index in [9.17, 15) is 14.7 Å². The van der Waals surface area contributed by atoms with Crippen LogP contribution in [0, 0.1) is 13.8 Å². The molecule has 0 bridgehead atoms. The lowest BCUT2D eigenvalue weighted by Crippen LogP contribution is -3.06. The summed E-state index contributed by atoms with van der Waals surface area (Å²) in [5, 5.41) is 11.4. The van der Waals surface area contributed by atoms with Gasteiger partial charge in [-0.3, -0.25) is 9.59 Å². The van der Waals surface area contributed by atoms with Gasteiger partial charge in [0.2, 0.25) is 5.78 Å². The summed E-state index contributed by atoms with van der Waals surface area (Å²) in [6.07, 6.45) is 0. The second-order valence-electron chi connectivity index (χ2n) is 7.01. The molecule has 0 aliphatic carbocycles. The maximum absolute atomic E-state index is 13.3. The van der Waals surface area contributed by atoms with Gasteiger partial charge in [-0.15, -0.1) is 11.3 Å². The summed E-state index contributed by atoms with van der Waals surface area (Å²) < 4.78 is 0. The Morgan fingerprint density at radius 3 is 2.48 bits per heavy atom. The van der Waals surface area contributed by atoms with E-state index < -0.39 is 17.7 Å². The van der Waals surface area contributed by atoms with Gasteiger partial charge < -0.3 is 14.9 Å². The maximum atomic E-state index is 13.3. The number of aromatic nitrogens is 1. The summed E-state index contributed by atoms with van der Waals surface area (Å²) >= 11 is 1.29. The molecular weight excluding hydrogens is 362 g/mol. The van der Waals surface area contributed by atoms with Crippen molar-refractivity contribution in [3.05, 3.63) is 62.8 Å². The summed E-state index contributed by atoms with van der Waals surface area (Å²) in [5.74, 6) is -1.27. The lowest BCUT2D eigenvalue weighted by molar-refractivity contribution is -0.857. The van der Waals surface area contributed by atoms with Crippen molar-refractivity contribution in [2.75, 3.05) is 27.2 Å². The predicted molar refractivity (Wildman–Crippen MR) is 104 cm³/mol. The number of hydrogen-bond donors (Lipinski definition) is 2. The predicted octanol–water partition coefficient (Wildman–Crippen LogP) is 1.48. The monoisotopic (exact) mass is 386 g/mol. The van der Waals surface area contributed by atoms with Crippen molar-refractivity contribution in [1.29, 1.82) is 0 Å². The Bertz CT molecular complexity index is 902. The number of hydrogen-bond acceptors (Lipinski definition) is 5. The highest BCUT2D eigenvalue weighted by Crippen LogP contribution is 2.39. The van der Waals surface area contributed by atoms with E-state index >= 15 is 0 Å². The van der Waals surface area contributed by atoms with Crippen LogP contribution < -0.4 is 4.90 Å². The molecule has 3 rings (SSSR count). The summed E-state index contributed by atoms with van der Waals surface area (Å²) in [7, 11) is 4.00. The highest BCUT2D eigenvalue weighted by atomic mass is 32.1. The number of likely N-dealkylation sites (N-methyl/N-ethyl adjacent to an activating group) is 1. The zero-order valence-corrected chi connectivity index (χ0v) is 16.8. The van der Waals surface area contributed by atoms with Crippen LogP contribution in [0.5, 0.6) is 0 Å². The number of aliphatic hydroxyl groups is 1. The van der Waals surface area contributed by atoms with E-state index in [2.05, 4.69) is 4.98 Å². The fraction of sp³-hybridized carbons (Fsp3) is 0.350. The Morgan fingerprint density at radius 2 is 1.93 bits per heavy atom. The summed E-state index contributed by atoms with van der Waals surface area (Å²) in [6, 6.07) is 8.79. The topological polar surface area (TPSA) is 74.9 Å². The minimum Gasteiger partial charge on any atom is -0.503 e. The number of nitrogens with one attached hydrogen (secondary N) is 1. The van der Waals surface area contributed by atoms with Gasteiger partial charge in [-0.25, -0.2) is 4.98 Å². The molecule has 0 spiro atoms. The number of Topliss-reactive ketones (excluding diaryl/α,β-unsaturated/α-hetero) is 1. The van der Waals surface area contributed by atoms with Crippen molar-refractivity contribution in [1.82, 2.24) is 9.88 Å². The second-order valence-corrected chi connectivity index (χ2v) is 8.21. The molecule has 1 aromatic carbocycles. The Balaban J connectivity index is 2.07. The number of nitrogens with zero attached hydrogens (tertiary/aromatic N) is 2. The van der Waals surface area contributed by atoms with Gasteiger partial charge in [0.05, 0.1) is 54.4 Å². The lowest BCUT2D eigenvalue weighted by Gasteiger charge is -2.27. The molecule has 0 saturated carbocycles. The summed E-state index contributed by atoms with van der Waals surface area (Å²) in [5.41, 5.74) is 1.58. The number of amides is 1. The Morgan fingerprint density at radius 1 is 1.26 bits per heavy atom. The molecule has 2 heterocycles. The first-order valence-corrected chi connectivity index (χ1v) is 9.69. The lowest BCUT2D eigenvalue weighted by atomic mass is 9.95. The van der Waals surface area contributed by atoms with Crippen molar-refractivity contribution >= 4 is 23.0 Å². The third kappa shape index (κ3) is 3.65. The summed E-state index contributed by atoms with van der Waals surface area (Å²) in [6.45, 7) is 4.77. The zero-order valence-electron chi connectivity index (χ0n) is 15.9.